The molecule has 0 amide bonds. The van der Waals surface area contributed by atoms with E-state index in [1.54, 1.807) is 0 Å². The molecule has 3 saturated carbocycles. The fraction of sp³-hybridized carbons (Fsp3) is 1.00. The standard InChI is InChI=1S/C10H17BO2/c1-9(2)6-4-7(9)10(3)8(5-6)12-11-13-10/h6-8,11H,4-5H2,1-3H3/t6-,7?,8?,10?/m1/s1. The molecule has 0 aromatic rings. The average molecular weight is 180 g/mol. The average Bonchev–Trinajstić information content (AvgIpc) is 2.44. The van der Waals surface area contributed by atoms with Crippen LogP contribution in [0, 0.1) is 17.3 Å². The summed E-state index contributed by atoms with van der Waals surface area (Å²) in [5.74, 6) is 1.59. The highest BCUT2D eigenvalue weighted by Crippen LogP contribution is 2.65. The van der Waals surface area contributed by atoms with Crippen LogP contribution in [0.4, 0.5) is 0 Å². The van der Waals surface area contributed by atoms with Crippen LogP contribution in [-0.4, -0.2) is 19.4 Å². The molecule has 4 aliphatic rings. The van der Waals surface area contributed by atoms with Gasteiger partial charge in [0.15, 0.2) is 0 Å². The molecule has 4 rings (SSSR count). The van der Waals surface area contributed by atoms with Crippen molar-refractivity contribution in [3.8, 4) is 0 Å². The first-order valence-electron chi connectivity index (χ1n) is 5.30. The summed E-state index contributed by atoms with van der Waals surface area (Å²) < 4.78 is 11.4. The van der Waals surface area contributed by atoms with Gasteiger partial charge in [0.2, 0.25) is 0 Å². The van der Waals surface area contributed by atoms with Gasteiger partial charge in [-0.25, -0.2) is 0 Å². The van der Waals surface area contributed by atoms with E-state index < -0.39 is 0 Å². The van der Waals surface area contributed by atoms with Crippen LogP contribution >= 0.6 is 0 Å². The minimum atomic E-state index is 0.0260. The fourth-order valence-corrected chi connectivity index (χ4v) is 3.78. The zero-order valence-corrected chi connectivity index (χ0v) is 8.67. The predicted molar refractivity (Wildman–Crippen MR) is 51.5 cm³/mol. The molecule has 3 aliphatic carbocycles. The summed E-state index contributed by atoms with van der Waals surface area (Å²) in [5, 5.41) is 0. The molecule has 2 nitrogen and oxygen atoms in total. The summed E-state index contributed by atoms with van der Waals surface area (Å²) in [4.78, 5) is 0. The second-order valence-corrected chi connectivity index (χ2v) is 5.64. The highest BCUT2D eigenvalue weighted by molar-refractivity contribution is 6.19. The second kappa shape index (κ2) is 2.14. The van der Waals surface area contributed by atoms with Gasteiger partial charge >= 0.3 is 7.69 Å². The molecule has 0 aromatic heterocycles. The molecule has 3 unspecified atom stereocenters. The maximum Gasteiger partial charge on any atom is 0.438 e. The monoisotopic (exact) mass is 180 g/mol. The van der Waals surface area contributed by atoms with Crippen LogP contribution in [-0.2, 0) is 9.31 Å². The summed E-state index contributed by atoms with van der Waals surface area (Å²) >= 11 is 0. The van der Waals surface area contributed by atoms with E-state index in [2.05, 4.69) is 20.8 Å². The molecule has 1 heterocycles. The van der Waals surface area contributed by atoms with Crippen molar-refractivity contribution in [2.75, 3.05) is 0 Å². The van der Waals surface area contributed by atoms with Gasteiger partial charge in [0.1, 0.15) is 0 Å². The molecule has 4 atom stereocenters. The molecule has 3 heteroatoms. The maximum absolute atomic E-state index is 5.81. The molecule has 1 aliphatic heterocycles. The smallest absolute Gasteiger partial charge is 0.408 e. The van der Waals surface area contributed by atoms with Gasteiger partial charge in [0.25, 0.3) is 0 Å². The van der Waals surface area contributed by atoms with Crippen molar-refractivity contribution in [3.63, 3.8) is 0 Å². The lowest BCUT2D eigenvalue weighted by molar-refractivity contribution is -0.199. The molecule has 72 valence electrons. The normalized spacial score (nSPS) is 56.4. The third kappa shape index (κ3) is 0.786. The van der Waals surface area contributed by atoms with Gasteiger partial charge in [-0.1, -0.05) is 13.8 Å². The quantitative estimate of drug-likeness (QED) is 0.526. The molecule has 13 heavy (non-hydrogen) atoms. The number of rotatable bonds is 0. The van der Waals surface area contributed by atoms with Gasteiger partial charge in [-0.2, -0.15) is 0 Å². The highest BCUT2D eigenvalue weighted by Gasteiger charge is 2.65. The van der Waals surface area contributed by atoms with Crippen LogP contribution < -0.4 is 0 Å². The Kier molecular flexibility index (Phi) is 1.37. The van der Waals surface area contributed by atoms with Crippen molar-refractivity contribution >= 4 is 7.69 Å². The number of hydrogen-bond donors (Lipinski definition) is 0. The van der Waals surface area contributed by atoms with E-state index in [-0.39, 0.29) is 5.60 Å². The van der Waals surface area contributed by atoms with E-state index >= 15 is 0 Å². The Morgan fingerprint density at radius 1 is 1.23 bits per heavy atom. The molecule has 0 radical (unpaired) electrons. The van der Waals surface area contributed by atoms with E-state index in [0.29, 0.717) is 25.1 Å². The Balaban J connectivity index is 1.97. The van der Waals surface area contributed by atoms with Crippen LogP contribution in [0.25, 0.3) is 0 Å². The van der Waals surface area contributed by atoms with Crippen molar-refractivity contribution in [2.24, 2.45) is 17.3 Å². The molecular weight excluding hydrogens is 163 g/mol. The summed E-state index contributed by atoms with van der Waals surface area (Å²) in [6.07, 6.45) is 2.94. The van der Waals surface area contributed by atoms with Gasteiger partial charge in [-0.05, 0) is 37.0 Å². The third-order valence-electron chi connectivity index (χ3n) is 4.94. The maximum atomic E-state index is 5.81. The SMILES string of the molecule is CC12OBOC1C[C@H]1CC2C1(C)C. The zero-order chi connectivity index (χ0) is 9.27. The Bertz CT molecular complexity index is 253. The van der Waals surface area contributed by atoms with E-state index in [9.17, 15) is 0 Å². The largest absolute Gasteiger partial charge is 0.438 e. The van der Waals surface area contributed by atoms with Gasteiger partial charge in [0, 0.05) is 0 Å². The van der Waals surface area contributed by atoms with Crippen LogP contribution in [0.15, 0.2) is 0 Å². The third-order valence-corrected chi connectivity index (χ3v) is 4.94. The zero-order valence-electron chi connectivity index (χ0n) is 8.67. The Labute approximate surface area is 80.3 Å². The lowest BCUT2D eigenvalue weighted by atomic mass is 9.43. The topological polar surface area (TPSA) is 18.5 Å². The van der Waals surface area contributed by atoms with Crippen molar-refractivity contribution in [1.82, 2.24) is 0 Å². The van der Waals surface area contributed by atoms with E-state index in [4.69, 9.17) is 9.31 Å². The molecular formula is C10H17BO2. The molecule has 4 fully saturated rings. The van der Waals surface area contributed by atoms with E-state index in [1.807, 2.05) is 0 Å². The minimum absolute atomic E-state index is 0.0260. The highest BCUT2D eigenvalue weighted by atomic mass is 16.6. The van der Waals surface area contributed by atoms with Gasteiger partial charge in [0.05, 0.1) is 11.7 Å². The summed E-state index contributed by atoms with van der Waals surface area (Å²) in [7, 11) is 0.514. The first-order chi connectivity index (χ1) is 6.05. The van der Waals surface area contributed by atoms with Gasteiger partial charge in [-0.15, -0.1) is 0 Å². The fourth-order valence-electron chi connectivity index (χ4n) is 3.78. The molecule has 0 aromatic carbocycles. The van der Waals surface area contributed by atoms with Gasteiger partial charge in [-0.3, -0.25) is 0 Å². The molecule has 0 spiro atoms. The first-order valence-corrected chi connectivity index (χ1v) is 5.30. The Hall–Kier alpha value is -0.0151. The summed E-state index contributed by atoms with van der Waals surface area (Å²) in [5.41, 5.74) is 0.511. The summed E-state index contributed by atoms with van der Waals surface area (Å²) in [6.45, 7) is 7.01. The lowest BCUT2D eigenvalue weighted by Crippen LogP contribution is -2.65. The van der Waals surface area contributed by atoms with Crippen molar-refractivity contribution in [3.05, 3.63) is 0 Å². The van der Waals surface area contributed by atoms with Crippen LogP contribution in [0.2, 0.25) is 0 Å². The van der Waals surface area contributed by atoms with Crippen LogP contribution in [0.5, 0.6) is 0 Å². The second-order valence-electron chi connectivity index (χ2n) is 5.64. The predicted octanol–water partition coefficient (Wildman–Crippen LogP) is 1.49. The van der Waals surface area contributed by atoms with E-state index in [1.165, 1.54) is 12.8 Å². The van der Waals surface area contributed by atoms with Crippen molar-refractivity contribution in [1.29, 1.82) is 0 Å². The molecule has 0 N–H and O–H groups in total. The molecule has 2 bridgehead atoms. The Morgan fingerprint density at radius 3 is 2.69 bits per heavy atom. The van der Waals surface area contributed by atoms with Crippen LogP contribution in [0.3, 0.4) is 0 Å². The molecule has 1 saturated heterocycles. The Morgan fingerprint density at radius 2 is 2.00 bits per heavy atom. The van der Waals surface area contributed by atoms with Crippen molar-refractivity contribution in [2.45, 2.75) is 45.3 Å². The summed E-state index contributed by atoms with van der Waals surface area (Å²) in [6, 6.07) is 0. The number of hydrogen-bond acceptors (Lipinski definition) is 2. The van der Waals surface area contributed by atoms with Crippen molar-refractivity contribution < 1.29 is 9.31 Å². The lowest BCUT2D eigenvalue weighted by Gasteiger charge is -2.64. The van der Waals surface area contributed by atoms with Crippen LogP contribution in [0.1, 0.15) is 33.6 Å². The first kappa shape index (κ1) is 8.31. The van der Waals surface area contributed by atoms with Gasteiger partial charge < -0.3 is 9.31 Å². The minimum Gasteiger partial charge on any atom is -0.408 e. The van der Waals surface area contributed by atoms with E-state index in [0.717, 1.165) is 5.92 Å².